The molecule has 5 heteroatoms. The summed E-state index contributed by atoms with van der Waals surface area (Å²) in [5.41, 5.74) is 14.0. The van der Waals surface area contributed by atoms with E-state index in [9.17, 15) is 0 Å². The zero-order valence-corrected chi connectivity index (χ0v) is 34.1. The molecule has 1 N–H and O–H groups in total. The summed E-state index contributed by atoms with van der Waals surface area (Å²) in [5.74, 6) is 1.64. The Kier molecular flexibility index (Phi) is 9.40. The van der Waals surface area contributed by atoms with Gasteiger partial charge in [0.05, 0.1) is 11.3 Å². The van der Waals surface area contributed by atoms with Crippen LogP contribution in [0.3, 0.4) is 0 Å². The van der Waals surface area contributed by atoms with Crippen LogP contribution < -0.4 is 5.32 Å². The average molecular weight is 797 g/mol. The first-order chi connectivity index (χ1) is 30.7. The number of hydrogen-bond donors (Lipinski definition) is 1. The standard InChI is InChI=1S/C57H40N4O/c1-2-37-15-11-12-22-46(37)49-35-44-20-9-10-21-45(44)36-51(49)58-50-34-33-48-47-23-13-14-24-52(47)62-54(48)53(50)57-60-55(42-29-25-40(26-30-42)38-16-5-3-6-17-38)59-56(61-57)43-31-27-41(28-32-43)39-18-7-4-8-19-39/h3-36,58H,2H2,1H3. The molecule has 0 saturated heterocycles. The maximum absolute atomic E-state index is 6.82. The van der Waals surface area contributed by atoms with E-state index in [1.165, 1.54) is 16.5 Å². The van der Waals surface area contributed by atoms with Crippen molar-refractivity contribution in [3.05, 3.63) is 212 Å². The number of fused-ring (bicyclic) bond motifs is 4. The van der Waals surface area contributed by atoms with Crippen LogP contribution in [0.4, 0.5) is 11.4 Å². The fourth-order valence-electron chi connectivity index (χ4n) is 8.55. The van der Waals surface area contributed by atoms with E-state index in [0.29, 0.717) is 23.1 Å². The van der Waals surface area contributed by atoms with Crippen molar-refractivity contribution < 1.29 is 4.42 Å². The van der Waals surface area contributed by atoms with Crippen molar-refractivity contribution in [3.63, 3.8) is 0 Å². The second-order valence-electron chi connectivity index (χ2n) is 15.5. The summed E-state index contributed by atoms with van der Waals surface area (Å²) in [5, 5.41) is 8.26. The molecular weight excluding hydrogens is 757 g/mol. The zero-order valence-electron chi connectivity index (χ0n) is 34.1. The van der Waals surface area contributed by atoms with Gasteiger partial charge in [0.15, 0.2) is 17.5 Å². The summed E-state index contributed by atoms with van der Waals surface area (Å²) in [6.45, 7) is 2.21. The number of rotatable bonds is 9. The molecule has 0 radical (unpaired) electrons. The molecule has 11 rings (SSSR count). The normalized spacial score (nSPS) is 11.4. The molecule has 0 aliphatic heterocycles. The molecule has 294 valence electrons. The van der Waals surface area contributed by atoms with Gasteiger partial charge >= 0.3 is 0 Å². The molecule has 0 spiro atoms. The second-order valence-corrected chi connectivity index (χ2v) is 15.5. The third-order valence-corrected chi connectivity index (χ3v) is 11.8. The SMILES string of the molecule is CCc1ccccc1-c1cc2ccccc2cc1Nc1ccc2c(oc3ccccc32)c1-c1nc(-c2ccc(-c3ccccc3)cc2)nc(-c2ccc(-c3ccccc3)cc2)n1. The second kappa shape index (κ2) is 15.8. The predicted octanol–water partition coefficient (Wildman–Crippen LogP) is 15.2. The molecule has 0 aliphatic carbocycles. The highest BCUT2D eigenvalue weighted by Crippen LogP contribution is 2.44. The number of aromatic nitrogens is 3. The molecule has 0 amide bonds. The van der Waals surface area contributed by atoms with Crippen molar-refractivity contribution >= 4 is 44.1 Å². The Balaban J connectivity index is 1.13. The first-order valence-electron chi connectivity index (χ1n) is 21.1. The van der Waals surface area contributed by atoms with Crippen LogP contribution >= 0.6 is 0 Å². The molecule has 5 nitrogen and oxygen atoms in total. The van der Waals surface area contributed by atoms with Gasteiger partial charge in [0.25, 0.3) is 0 Å². The molecule has 62 heavy (non-hydrogen) atoms. The molecule has 0 unspecified atom stereocenters. The van der Waals surface area contributed by atoms with Gasteiger partial charge in [0, 0.05) is 33.2 Å². The van der Waals surface area contributed by atoms with E-state index in [-0.39, 0.29) is 0 Å². The Hall–Kier alpha value is -8.15. The number of nitrogens with one attached hydrogen (secondary N) is 1. The molecule has 0 saturated carbocycles. The van der Waals surface area contributed by atoms with E-state index >= 15 is 0 Å². The number of furan rings is 1. The van der Waals surface area contributed by atoms with E-state index in [4.69, 9.17) is 19.4 Å². The van der Waals surface area contributed by atoms with Crippen LogP contribution in [0.2, 0.25) is 0 Å². The third-order valence-electron chi connectivity index (χ3n) is 11.8. The lowest BCUT2D eigenvalue weighted by molar-refractivity contribution is 0.669. The summed E-state index contributed by atoms with van der Waals surface area (Å²) in [7, 11) is 0. The van der Waals surface area contributed by atoms with E-state index in [0.717, 1.165) is 84.0 Å². The Labute approximate surface area is 360 Å². The van der Waals surface area contributed by atoms with Gasteiger partial charge < -0.3 is 9.73 Å². The molecule has 0 fully saturated rings. The van der Waals surface area contributed by atoms with Gasteiger partial charge in [-0.3, -0.25) is 0 Å². The molecule has 2 aromatic heterocycles. The largest absolute Gasteiger partial charge is 0.455 e. The minimum atomic E-state index is 0.507. The molecular formula is C57H40N4O. The monoisotopic (exact) mass is 796 g/mol. The minimum Gasteiger partial charge on any atom is -0.455 e. The van der Waals surface area contributed by atoms with Crippen molar-refractivity contribution in [3.8, 4) is 67.5 Å². The first kappa shape index (κ1) is 36.9. The van der Waals surface area contributed by atoms with Crippen LogP contribution in [0, 0.1) is 0 Å². The quantitative estimate of drug-likeness (QED) is 0.158. The molecule has 0 atom stereocenters. The zero-order chi connectivity index (χ0) is 41.4. The number of aryl methyl sites for hydroxylation is 1. The average Bonchev–Trinajstić information content (AvgIpc) is 3.73. The number of para-hydroxylation sites is 1. The first-order valence-corrected chi connectivity index (χ1v) is 21.1. The van der Waals surface area contributed by atoms with Crippen LogP contribution in [0.25, 0.3) is 100 Å². The topological polar surface area (TPSA) is 63.8 Å². The maximum Gasteiger partial charge on any atom is 0.169 e. The highest BCUT2D eigenvalue weighted by Gasteiger charge is 2.23. The van der Waals surface area contributed by atoms with E-state index in [1.807, 2.05) is 30.3 Å². The van der Waals surface area contributed by atoms with Crippen LogP contribution in [0.1, 0.15) is 12.5 Å². The fourth-order valence-corrected chi connectivity index (χ4v) is 8.55. The van der Waals surface area contributed by atoms with Crippen molar-refractivity contribution in [1.82, 2.24) is 15.0 Å². The van der Waals surface area contributed by atoms with Crippen molar-refractivity contribution in [1.29, 1.82) is 0 Å². The molecule has 2 heterocycles. The van der Waals surface area contributed by atoms with Crippen LogP contribution in [-0.2, 0) is 6.42 Å². The fraction of sp³-hybridized carbons (Fsp3) is 0.0351. The van der Waals surface area contributed by atoms with Crippen LogP contribution in [-0.4, -0.2) is 15.0 Å². The summed E-state index contributed by atoms with van der Waals surface area (Å²) >= 11 is 0. The van der Waals surface area contributed by atoms with Gasteiger partial charge in [0.2, 0.25) is 0 Å². The summed E-state index contributed by atoms with van der Waals surface area (Å²) in [6, 6.07) is 71.9. The Bertz CT molecular complexity index is 3290. The highest BCUT2D eigenvalue weighted by atomic mass is 16.3. The number of benzene rings is 9. The van der Waals surface area contributed by atoms with Crippen LogP contribution in [0.15, 0.2) is 211 Å². The summed E-state index contributed by atoms with van der Waals surface area (Å²) in [6.07, 6.45) is 0.910. The summed E-state index contributed by atoms with van der Waals surface area (Å²) < 4.78 is 6.82. The van der Waals surface area contributed by atoms with Gasteiger partial charge in [-0.1, -0.05) is 183 Å². The van der Waals surface area contributed by atoms with Crippen molar-refractivity contribution in [2.75, 3.05) is 5.32 Å². The van der Waals surface area contributed by atoms with Gasteiger partial charge in [-0.25, -0.2) is 15.0 Å². The molecule has 9 aromatic carbocycles. The Morgan fingerprint density at radius 1 is 0.403 bits per heavy atom. The third kappa shape index (κ3) is 6.85. The molecule has 11 aromatic rings. The van der Waals surface area contributed by atoms with E-state index in [2.05, 4.69) is 188 Å². The number of nitrogens with zero attached hydrogens (tertiary/aromatic N) is 3. The lowest BCUT2D eigenvalue weighted by atomic mass is 9.94. The van der Waals surface area contributed by atoms with Crippen molar-refractivity contribution in [2.45, 2.75) is 13.3 Å². The molecule has 0 aliphatic rings. The van der Waals surface area contributed by atoms with Gasteiger partial charge in [-0.2, -0.15) is 0 Å². The van der Waals surface area contributed by atoms with Crippen molar-refractivity contribution in [2.24, 2.45) is 0 Å². The number of anilines is 2. The lowest BCUT2D eigenvalue weighted by Gasteiger charge is -2.19. The Morgan fingerprint density at radius 2 is 0.919 bits per heavy atom. The lowest BCUT2D eigenvalue weighted by Crippen LogP contribution is -2.03. The van der Waals surface area contributed by atoms with Gasteiger partial charge in [-0.15, -0.1) is 0 Å². The smallest absolute Gasteiger partial charge is 0.169 e. The number of hydrogen-bond acceptors (Lipinski definition) is 5. The molecule has 0 bridgehead atoms. The summed E-state index contributed by atoms with van der Waals surface area (Å²) in [4.78, 5) is 15.8. The predicted molar refractivity (Wildman–Crippen MR) is 256 cm³/mol. The minimum absolute atomic E-state index is 0.507. The maximum atomic E-state index is 6.82. The van der Waals surface area contributed by atoms with Crippen LogP contribution in [0.5, 0.6) is 0 Å². The Morgan fingerprint density at radius 3 is 1.56 bits per heavy atom. The van der Waals surface area contributed by atoms with E-state index in [1.54, 1.807) is 0 Å². The van der Waals surface area contributed by atoms with Gasteiger partial charge in [-0.05, 0) is 80.9 Å². The van der Waals surface area contributed by atoms with E-state index < -0.39 is 0 Å². The van der Waals surface area contributed by atoms with Gasteiger partial charge in [0.1, 0.15) is 11.2 Å². The highest BCUT2D eigenvalue weighted by molar-refractivity contribution is 6.12.